The molecule has 3 nitrogen and oxygen atoms in total. The van der Waals surface area contributed by atoms with Crippen LogP contribution in [0.1, 0.15) is 12.8 Å². The Morgan fingerprint density at radius 1 is 1.59 bits per heavy atom. The smallest absolute Gasteiger partial charge is 0.206 e. The van der Waals surface area contributed by atoms with Gasteiger partial charge in [0.2, 0.25) is 0 Å². The topological polar surface area (TPSA) is 37.4 Å². The second-order valence-corrected chi connectivity index (χ2v) is 7.90. The van der Waals surface area contributed by atoms with E-state index in [1.807, 2.05) is 0 Å². The van der Waals surface area contributed by atoms with E-state index in [1.165, 1.54) is 15.6 Å². The van der Waals surface area contributed by atoms with Crippen LogP contribution >= 0.6 is 27.3 Å². The maximum Gasteiger partial charge on any atom is 0.254 e. The Hall–Kier alpha value is -0.350. The third kappa shape index (κ3) is 2.91. The van der Waals surface area contributed by atoms with Gasteiger partial charge in [-0.1, -0.05) is 5.92 Å². The first-order valence-corrected chi connectivity index (χ1v) is 8.33. The molecule has 1 aromatic heterocycles. The van der Waals surface area contributed by atoms with Gasteiger partial charge in [0, 0.05) is 11.0 Å². The normalized spacial score (nSPS) is 16.1. The number of sulfonamides is 1. The van der Waals surface area contributed by atoms with Crippen molar-refractivity contribution in [2.24, 2.45) is 5.92 Å². The molecule has 1 aromatic rings. The summed E-state index contributed by atoms with van der Waals surface area (Å²) in [6.45, 7) is 0.681. The average molecular weight is 334 g/mol. The minimum absolute atomic E-state index is 0.142. The van der Waals surface area contributed by atoms with E-state index in [9.17, 15) is 8.42 Å². The number of hydrogen-bond donors (Lipinski definition) is 0. The molecule has 2 rings (SSSR count). The van der Waals surface area contributed by atoms with Crippen LogP contribution in [0.3, 0.4) is 0 Å². The first-order chi connectivity index (χ1) is 8.05. The van der Waals surface area contributed by atoms with Gasteiger partial charge in [0.05, 0.1) is 6.54 Å². The highest BCUT2D eigenvalue weighted by molar-refractivity contribution is 9.10. The van der Waals surface area contributed by atoms with Crippen LogP contribution in [0.2, 0.25) is 0 Å². The van der Waals surface area contributed by atoms with Gasteiger partial charge in [-0.3, -0.25) is 0 Å². The third-order valence-electron chi connectivity index (χ3n) is 2.59. The summed E-state index contributed by atoms with van der Waals surface area (Å²) in [7, 11) is -3.44. The van der Waals surface area contributed by atoms with E-state index in [1.54, 1.807) is 11.4 Å². The molecular weight excluding hydrogens is 322 g/mol. The number of thiophene rings is 1. The van der Waals surface area contributed by atoms with Crippen LogP contribution in [0, 0.1) is 18.3 Å². The predicted molar refractivity (Wildman–Crippen MR) is 72.3 cm³/mol. The Labute approximate surface area is 114 Å². The highest BCUT2D eigenvalue weighted by Gasteiger charge is 2.32. The van der Waals surface area contributed by atoms with Crippen molar-refractivity contribution in [3.8, 4) is 12.3 Å². The molecular formula is C11H12BrNO2S2. The lowest BCUT2D eigenvalue weighted by Crippen LogP contribution is -2.33. The zero-order chi connectivity index (χ0) is 12.5. The van der Waals surface area contributed by atoms with Crippen LogP contribution in [0.4, 0.5) is 0 Å². The highest BCUT2D eigenvalue weighted by atomic mass is 79.9. The van der Waals surface area contributed by atoms with Crippen molar-refractivity contribution in [3.05, 3.63) is 15.9 Å². The monoisotopic (exact) mass is 333 g/mol. The molecule has 0 spiro atoms. The van der Waals surface area contributed by atoms with Crippen molar-refractivity contribution in [1.82, 2.24) is 4.31 Å². The second kappa shape index (κ2) is 5.11. The molecule has 6 heteroatoms. The number of hydrogen-bond acceptors (Lipinski definition) is 3. The quantitative estimate of drug-likeness (QED) is 0.776. The van der Waals surface area contributed by atoms with Gasteiger partial charge in [0.15, 0.2) is 0 Å². The summed E-state index contributed by atoms with van der Waals surface area (Å²) in [6, 6.07) is 1.74. The predicted octanol–water partition coefficient (Wildman–Crippen LogP) is 2.54. The van der Waals surface area contributed by atoms with E-state index in [-0.39, 0.29) is 6.54 Å². The summed E-state index contributed by atoms with van der Waals surface area (Å²) < 4.78 is 27.1. The molecule has 1 aliphatic rings. The van der Waals surface area contributed by atoms with Crippen LogP contribution in [0.15, 0.2) is 20.1 Å². The van der Waals surface area contributed by atoms with Crippen LogP contribution in [0.25, 0.3) is 0 Å². The fourth-order valence-electron chi connectivity index (χ4n) is 1.52. The molecule has 1 aliphatic carbocycles. The lowest BCUT2D eigenvalue weighted by atomic mass is 10.4. The SMILES string of the molecule is C#CCN(CC1CC1)S(=O)(=O)c1sccc1Br. The summed E-state index contributed by atoms with van der Waals surface area (Å²) in [4.78, 5) is 0. The minimum atomic E-state index is -3.44. The van der Waals surface area contributed by atoms with E-state index in [2.05, 4.69) is 21.9 Å². The number of terminal acetylenes is 1. The number of halogens is 1. The van der Waals surface area contributed by atoms with Gasteiger partial charge in [0.1, 0.15) is 4.21 Å². The summed E-state index contributed by atoms with van der Waals surface area (Å²) >= 11 is 4.47. The standard InChI is InChI=1S/C11H12BrNO2S2/c1-2-6-13(8-9-3-4-9)17(14,15)11-10(12)5-7-16-11/h1,5,7,9H,3-4,6,8H2. The van der Waals surface area contributed by atoms with Gasteiger partial charge < -0.3 is 0 Å². The first-order valence-electron chi connectivity index (χ1n) is 5.22. The summed E-state index contributed by atoms with van der Waals surface area (Å²) in [6.07, 6.45) is 7.45. The van der Waals surface area contributed by atoms with E-state index >= 15 is 0 Å². The van der Waals surface area contributed by atoms with Gasteiger partial charge in [0.25, 0.3) is 10.0 Å². The number of nitrogens with zero attached hydrogens (tertiary/aromatic N) is 1. The number of rotatable bonds is 5. The van der Waals surface area contributed by atoms with Crippen molar-refractivity contribution >= 4 is 37.3 Å². The van der Waals surface area contributed by atoms with Gasteiger partial charge in [-0.05, 0) is 46.1 Å². The van der Waals surface area contributed by atoms with Crippen LogP contribution in [-0.2, 0) is 10.0 Å². The van der Waals surface area contributed by atoms with E-state index in [0.29, 0.717) is 21.1 Å². The van der Waals surface area contributed by atoms with E-state index in [4.69, 9.17) is 6.42 Å². The van der Waals surface area contributed by atoms with Crippen molar-refractivity contribution in [3.63, 3.8) is 0 Å². The van der Waals surface area contributed by atoms with E-state index < -0.39 is 10.0 Å². The summed E-state index contributed by atoms with van der Waals surface area (Å²) in [5, 5.41) is 1.75. The first kappa shape index (κ1) is 13.1. The zero-order valence-electron chi connectivity index (χ0n) is 9.10. The van der Waals surface area contributed by atoms with Crippen molar-refractivity contribution in [2.45, 2.75) is 17.1 Å². The van der Waals surface area contributed by atoms with Crippen molar-refractivity contribution < 1.29 is 8.42 Å². The molecule has 0 amide bonds. The Morgan fingerprint density at radius 3 is 2.76 bits per heavy atom. The molecule has 0 radical (unpaired) electrons. The maximum absolute atomic E-state index is 12.4. The molecule has 0 N–H and O–H groups in total. The largest absolute Gasteiger partial charge is 0.254 e. The molecule has 0 unspecified atom stereocenters. The highest BCUT2D eigenvalue weighted by Crippen LogP contribution is 2.34. The summed E-state index contributed by atoms with van der Waals surface area (Å²) in [5.41, 5.74) is 0. The Morgan fingerprint density at radius 2 is 2.29 bits per heavy atom. The molecule has 1 saturated carbocycles. The molecule has 0 saturated heterocycles. The van der Waals surface area contributed by atoms with Crippen LogP contribution < -0.4 is 0 Å². The fourth-order valence-corrected chi connectivity index (χ4v) is 5.40. The fraction of sp³-hybridized carbons (Fsp3) is 0.455. The van der Waals surface area contributed by atoms with E-state index in [0.717, 1.165) is 12.8 Å². The molecule has 0 bridgehead atoms. The lowest BCUT2D eigenvalue weighted by molar-refractivity contribution is 0.431. The Balaban J connectivity index is 2.27. The van der Waals surface area contributed by atoms with Gasteiger partial charge in [-0.15, -0.1) is 17.8 Å². The summed E-state index contributed by atoms with van der Waals surface area (Å²) in [5.74, 6) is 2.91. The Kier molecular flexibility index (Phi) is 3.93. The molecule has 0 atom stereocenters. The zero-order valence-corrected chi connectivity index (χ0v) is 12.3. The maximum atomic E-state index is 12.4. The lowest BCUT2D eigenvalue weighted by Gasteiger charge is -2.18. The third-order valence-corrected chi connectivity index (χ3v) is 7.04. The molecule has 1 fully saturated rings. The second-order valence-electron chi connectivity index (χ2n) is 4.00. The molecule has 0 aliphatic heterocycles. The van der Waals surface area contributed by atoms with Gasteiger partial charge in [-0.2, -0.15) is 4.31 Å². The minimum Gasteiger partial charge on any atom is -0.206 e. The average Bonchev–Trinajstić information content (AvgIpc) is 2.98. The van der Waals surface area contributed by atoms with Crippen molar-refractivity contribution in [1.29, 1.82) is 0 Å². The Bertz CT molecular complexity index is 540. The van der Waals surface area contributed by atoms with Crippen molar-refractivity contribution in [2.75, 3.05) is 13.1 Å². The molecule has 92 valence electrons. The molecule has 17 heavy (non-hydrogen) atoms. The van der Waals surface area contributed by atoms with Crippen LogP contribution in [-0.4, -0.2) is 25.8 Å². The van der Waals surface area contributed by atoms with Gasteiger partial charge >= 0.3 is 0 Å². The van der Waals surface area contributed by atoms with Gasteiger partial charge in [-0.25, -0.2) is 8.42 Å². The molecule has 1 heterocycles. The molecule has 0 aromatic carbocycles. The van der Waals surface area contributed by atoms with Crippen LogP contribution in [0.5, 0.6) is 0 Å².